The molecule has 0 radical (unpaired) electrons. The first-order valence-electron chi connectivity index (χ1n) is 11.4. The van der Waals surface area contributed by atoms with E-state index in [4.69, 9.17) is 9.97 Å². The van der Waals surface area contributed by atoms with Crippen LogP contribution in [0.2, 0.25) is 0 Å². The van der Waals surface area contributed by atoms with Crippen LogP contribution in [0.3, 0.4) is 0 Å². The Labute approximate surface area is 204 Å². The molecule has 0 aliphatic carbocycles. The lowest BCUT2D eigenvalue weighted by Gasteiger charge is -2.27. The fraction of sp³-hybridized carbons (Fsp3) is 0.346. The molecule has 1 N–H and O–H groups in total. The number of nitrogens with zero attached hydrogens (tertiary/aromatic N) is 4. The van der Waals surface area contributed by atoms with Crippen molar-refractivity contribution in [2.24, 2.45) is 0 Å². The average Bonchev–Trinajstić information content (AvgIpc) is 3.07. The standard InChI is InChI=1S/C26H30BrN5O/c1-18(2)23-19(3)28-24(20-8-5-4-6-9-20)30-25(23)31-14-7-15-32(17-16-31)26(33)29-22-12-10-21(27)11-13-22/h4-6,8-13,18H,7,14-17H2,1-3H3,(H,29,33). The summed E-state index contributed by atoms with van der Waals surface area (Å²) in [7, 11) is 0. The molecule has 1 aliphatic rings. The zero-order valence-electron chi connectivity index (χ0n) is 19.4. The Kier molecular flexibility index (Phi) is 7.28. The van der Waals surface area contributed by atoms with Crippen molar-refractivity contribution in [1.82, 2.24) is 14.9 Å². The van der Waals surface area contributed by atoms with Gasteiger partial charge in [0.1, 0.15) is 5.82 Å². The Balaban J connectivity index is 1.55. The van der Waals surface area contributed by atoms with E-state index in [0.29, 0.717) is 19.0 Å². The van der Waals surface area contributed by atoms with E-state index in [1.54, 1.807) is 0 Å². The van der Waals surface area contributed by atoms with Gasteiger partial charge in [0.05, 0.1) is 0 Å². The summed E-state index contributed by atoms with van der Waals surface area (Å²) in [5.41, 5.74) is 4.01. The summed E-state index contributed by atoms with van der Waals surface area (Å²) in [4.78, 5) is 26.9. The van der Waals surface area contributed by atoms with Gasteiger partial charge in [0.25, 0.3) is 0 Å². The lowest BCUT2D eigenvalue weighted by Crippen LogP contribution is -2.38. The number of amides is 2. The summed E-state index contributed by atoms with van der Waals surface area (Å²) < 4.78 is 0.988. The summed E-state index contributed by atoms with van der Waals surface area (Å²) in [5, 5.41) is 3.01. The predicted molar refractivity (Wildman–Crippen MR) is 138 cm³/mol. The normalized spacial score (nSPS) is 14.3. The second kappa shape index (κ2) is 10.3. The number of rotatable bonds is 4. The van der Waals surface area contributed by atoms with Gasteiger partial charge in [0.15, 0.2) is 5.82 Å². The molecule has 33 heavy (non-hydrogen) atoms. The Morgan fingerprint density at radius 2 is 1.70 bits per heavy atom. The van der Waals surface area contributed by atoms with Crippen LogP contribution in [-0.4, -0.2) is 47.1 Å². The summed E-state index contributed by atoms with van der Waals surface area (Å²) in [6.07, 6.45) is 0.884. The van der Waals surface area contributed by atoms with Crippen molar-refractivity contribution in [3.05, 3.63) is 70.3 Å². The number of hydrogen-bond acceptors (Lipinski definition) is 4. The smallest absolute Gasteiger partial charge is 0.321 e. The second-order valence-electron chi connectivity index (χ2n) is 8.66. The van der Waals surface area contributed by atoms with Crippen molar-refractivity contribution < 1.29 is 4.79 Å². The van der Waals surface area contributed by atoms with Crippen molar-refractivity contribution in [2.75, 3.05) is 36.4 Å². The van der Waals surface area contributed by atoms with Gasteiger partial charge in [0, 0.05) is 53.2 Å². The van der Waals surface area contributed by atoms with Gasteiger partial charge in [0.2, 0.25) is 0 Å². The van der Waals surface area contributed by atoms with Gasteiger partial charge < -0.3 is 15.1 Å². The molecule has 1 saturated heterocycles. The van der Waals surface area contributed by atoms with Crippen molar-refractivity contribution in [3.63, 3.8) is 0 Å². The maximum Gasteiger partial charge on any atom is 0.321 e. The zero-order chi connectivity index (χ0) is 23.4. The van der Waals surface area contributed by atoms with E-state index in [9.17, 15) is 4.79 Å². The molecule has 6 nitrogen and oxygen atoms in total. The number of carbonyl (C=O) groups excluding carboxylic acids is 1. The summed E-state index contributed by atoms with van der Waals surface area (Å²) in [6.45, 7) is 9.39. The van der Waals surface area contributed by atoms with E-state index in [-0.39, 0.29) is 6.03 Å². The zero-order valence-corrected chi connectivity index (χ0v) is 21.0. The van der Waals surface area contributed by atoms with Gasteiger partial charge in [-0.2, -0.15) is 0 Å². The fourth-order valence-corrected chi connectivity index (χ4v) is 4.53. The number of aromatic nitrogens is 2. The van der Waals surface area contributed by atoms with Crippen molar-refractivity contribution in [2.45, 2.75) is 33.1 Å². The van der Waals surface area contributed by atoms with Gasteiger partial charge in [-0.3, -0.25) is 0 Å². The molecule has 2 aromatic carbocycles. The fourth-order valence-electron chi connectivity index (χ4n) is 4.27. The number of halogens is 1. The Morgan fingerprint density at radius 1 is 0.970 bits per heavy atom. The number of benzene rings is 2. The molecule has 0 saturated carbocycles. The van der Waals surface area contributed by atoms with E-state index in [1.807, 2.05) is 59.5 Å². The van der Waals surface area contributed by atoms with Crippen molar-refractivity contribution >= 4 is 33.5 Å². The molecule has 2 amide bonds. The van der Waals surface area contributed by atoms with Crippen LogP contribution >= 0.6 is 15.9 Å². The van der Waals surface area contributed by atoms with Crippen LogP contribution in [0.15, 0.2) is 59.1 Å². The lowest BCUT2D eigenvalue weighted by atomic mass is 10.0. The third kappa shape index (κ3) is 5.53. The van der Waals surface area contributed by atoms with Crippen LogP contribution < -0.4 is 10.2 Å². The minimum absolute atomic E-state index is 0.0629. The first-order chi connectivity index (χ1) is 15.9. The first-order valence-corrected chi connectivity index (χ1v) is 12.2. The van der Waals surface area contributed by atoms with Gasteiger partial charge in [-0.25, -0.2) is 14.8 Å². The highest BCUT2D eigenvalue weighted by molar-refractivity contribution is 9.10. The molecule has 172 valence electrons. The quantitative estimate of drug-likeness (QED) is 0.464. The highest BCUT2D eigenvalue weighted by Gasteiger charge is 2.24. The molecule has 2 heterocycles. The third-order valence-electron chi connectivity index (χ3n) is 5.90. The van der Waals surface area contributed by atoms with E-state index in [2.05, 4.69) is 46.9 Å². The van der Waals surface area contributed by atoms with Crippen LogP contribution in [0, 0.1) is 6.92 Å². The Morgan fingerprint density at radius 3 is 2.39 bits per heavy atom. The minimum atomic E-state index is -0.0629. The Bertz CT molecular complexity index is 1100. The molecule has 3 aromatic rings. The van der Waals surface area contributed by atoms with E-state index in [0.717, 1.165) is 52.6 Å². The summed E-state index contributed by atoms with van der Waals surface area (Å²) in [6, 6.07) is 17.7. The van der Waals surface area contributed by atoms with Crippen molar-refractivity contribution in [3.8, 4) is 11.4 Å². The van der Waals surface area contributed by atoms with E-state index < -0.39 is 0 Å². The molecule has 0 bridgehead atoms. The first kappa shape index (κ1) is 23.2. The molecule has 1 aromatic heterocycles. The van der Waals surface area contributed by atoms with Crippen LogP contribution in [0.1, 0.15) is 37.4 Å². The number of nitrogens with one attached hydrogen (secondary N) is 1. The third-order valence-corrected chi connectivity index (χ3v) is 6.43. The van der Waals surface area contributed by atoms with E-state index >= 15 is 0 Å². The number of aryl methyl sites for hydroxylation is 1. The largest absolute Gasteiger partial charge is 0.354 e. The number of hydrogen-bond donors (Lipinski definition) is 1. The molecular formula is C26H30BrN5O. The molecule has 0 unspecified atom stereocenters. The maximum atomic E-state index is 12.9. The monoisotopic (exact) mass is 507 g/mol. The minimum Gasteiger partial charge on any atom is -0.354 e. The SMILES string of the molecule is Cc1nc(-c2ccccc2)nc(N2CCCN(C(=O)Nc3ccc(Br)cc3)CC2)c1C(C)C. The predicted octanol–water partition coefficient (Wildman–Crippen LogP) is 6.08. The Hall–Kier alpha value is -2.93. The topological polar surface area (TPSA) is 61.4 Å². The van der Waals surface area contributed by atoms with Crippen molar-refractivity contribution in [1.29, 1.82) is 0 Å². The maximum absolute atomic E-state index is 12.9. The molecule has 4 rings (SSSR count). The lowest BCUT2D eigenvalue weighted by molar-refractivity contribution is 0.215. The summed E-state index contributed by atoms with van der Waals surface area (Å²) in [5.74, 6) is 2.05. The highest BCUT2D eigenvalue weighted by Crippen LogP contribution is 2.31. The van der Waals surface area contributed by atoms with Gasteiger partial charge in [-0.05, 0) is 43.5 Å². The molecule has 0 atom stereocenters. The number of anilines is 2. The van der Waals surface area contributed by atoms with Gasteiger partial charge >= 0.3 is 6.03 Å². The molecule has 1 aliphatic heterocycles. The van der Waals surface area contributed by atoms with E-state index in [1.165, 1.54) is 5.56 Å². The molecule has 7 heteroatoms. The molecule has 1 fully saturated rings. The summed E-state index contributed by atoms with van der Waals surface area (Å²) >= 11 is 3.43. The highest BCUT2D eigenvalue weighted by atomic mass is 79.9. The second-order valence-corrected chi connectivity index (χ2v) is 9.57. The number of urea groups is 1. The van der Waals surface area contributed by atoms with Crippen LogP contribution in [-0.2, 0) is 0 Å². The number of carbonyl (C=O) groups is 1. The van der Waals surface area contributed by atoms with Crippen LogP contribution in [0.4, 0.5) is 16.3 Å². The van der Waals surface area contributed by atoms with Gasteiger partial charge in [-0.15, -0.1) is 0 Å². The van der Waals surface area contributed by atoms with Crippen LogP contribution in [0.5, 0.6) is 0 Å². The average molecular weight is 508 g/mol. The van der Waals surface area contributed by atoms with Crippen LogP contribution in [0.25, 0.3) is 11.4 Å². The van der Waals surface area contributed by atoms with Gasteiger partial charge in [-0.1, -0.05) is 60.1 Å². The molecule has 0 spiro atoms. The molecular weight excluding hydrogens is 478 g/mol.